The van der Waals surface area contributed by atoms with Gasteiger partial charge in [0.25, 0.3) is 0 Å². The number of alkyl halides is 3. The molecule has 2 N–H and O–H groups in total. The van der Waals surface area contributed by atoms with Crippen molar-refractivity contribution in [2.45, 2.75) is 16.1 Å². The average Bonchev–Trinajstić information content (AvgIpc) is 2.56. The molecule has 0 aliphatic carbocycles. The van der Waals surface area contributed by atoms with Crippen LogP contribution in [0, 0.1) is 0 Å². The first-order valence-corrected chi connectivity index (χ1v) is 7.49. The minimum Gasteiger partial charge on any atom is -0.368 e. The largest absolute Gasteiger partial charge is 0.416 e. The highest BCUT2D eigenvalue weighted by molar-refractivity contribution is 7.99. The monoisotopic (exact) mass is 349 g/mol. The van der Waals surface area contributed by atoms with Gasteiger partial charge in [-0.3, -0.25) is 4.98 Å². The first-order chi connectivity index (χ1) is 11.4. The third-order valence-corrected chi connectivity index (χ3v) is 4.01. The molecule has 3 rings (SSSR count). The fourth-order valence-electron chi connectivity index (χ4n) is 1.88. The molecule has 0 radical (unpaired) electrons. The van der Waals surface area contributed by atoms with Gasteiger partial charge in [-0.05, 0) is 24.3 Å². The molecule has 3 aromatic rings. The van der Waals surface area contributed by atoms with E-state index in [0.717, 1.165) is 12.1 Å². The second-order valence-electron chi connectivity index (χ2n) is 4.66. The Morgan fingerprint density at radius 3 is 2.12 bits per heavy atom. The van der Waals surface area contributed by atoms with Crippen molar-refractivity contribution in [3.63, 3.8) is 0 Å². The average molecular weight is 349 g/mol. The van der Waals surface area contributed by atoms with Crippen molar-refractivity contribution in [1.29, 1.82) is 0 Å². The van der Waals surface area contributed by atoms with E-state index in [0.29, 0.717) is 21.2 Å². The summed E-state index contributed by atoms with van der Waals surface area (Å²) in [7, 11) is 0. The fraction of sp³-hybridized carbons (Fsp3) is 0.0667. The van der Waals surface area contributed by atoms with Gasteiger partial charge in [0.05, 0.1) is 5.56 Å². The number of nitrogens with two attached hydrogens (primary N) is 1. The Labute approximate surface area is 139 Å². The minimum absolute atomic E-state index is 0.139. The van der Waals surface area contributed by atoms with Gasteiger partial charge in [-0.2, -0.15) is 13.2 Å². The predicted molar refractivity (Wildman–Crippen MR) is 83.0 cm³/mol. The number of hydrogen-bond donors (Lipinski definition) is 1. The van der Waals surface area contributed by atoms with Crippen molar-refractivity contribution in [3.05, 3.63) is 54.6 Å². The minimum atomic E-state index is -4.36. The summed E-state index contributed by atoms with van der Waals surface area (Å²) in [6.07, 6.45) is 1.70. The van der Waals surface area contributed by atoms with Crippen LogP contribution in [-0.2, 0) is 6.18 Å². The third-order valence-electron chi connectivity index (χ3n) is 3.01. The summed E-state index contributed by atoms with van der Waals surface area (Å²) in [5.41, 5.74) is 5.91. The smallest absolute Gasteiger partial charge is 0.368 e. The lowest BCUT2D eigenvalue weighted by Crippen LogP contribution is -2.03. The van der Waals surface area contributed by atoms with Gasteiger partial charge >= 0.3 is 6.18 Å². The van der Waals surface area contributed by atoms with Crippen molar-refractivity contribution in [3.8, 4) is 11.3 Å². The second-order valence-corrected chi connectivity index (χ2v) is 5.73. The second kappa shape index (κ2) is 6.44. The molecule has 0 aliphatic rings. The Morgan fingerprint density at radius 1 is 0.875 bits per heavy atom. The molecule has 9 heteroatoms. The maximum absolute atomic E-state index is 12.6. The van der Waals surface area contributed by atoms with Crippen LogP contribution < -0.4 is 5.73 Å². The van der Waals surface area contributed by atoms with Crippen LogP contribution in [0.2, 0.25) is 0 Å². The fourth-order valence-corrected chi connectivity index (χ4v) is 2.76. The highest BCUT2D eigenvalue weighted by Gasteiger charge is 2.30. The van der Waals surface area contributed by atoms with Crippen LogP contribution in [0.15, 0.2) is 59.0 Å². The molecule has 1 aromatic carbocycles. The zero-order valence-electron chi connectivity index (χ0n) is 12.0. The van der Waals surface area contributed by atoms with Crippen molar-refractivity contribution in [2.24, 2.45) is 0 Å². The van der Waals surface area contributed by atoms with E-state index in [1.54, 1.807) is 0 Å². The Bertz CT molecular complexity index is 835. The Kier molecular flexibility index (Phi) is 4.34. The van der Waals surface area contributed by atoms with Gasteiger partial charge in [-0.25, -0.2) is 15.0 Å². The van der Waals surface area contributed by atoms with Gasteiger partial charge in [0.1, 0.15) is 10.7 Å². The molecule has 0 unspecified atom stereocenters. The summed E-state index contributed by atoms with van der Waals surface area (Å²) in [5, 5.41) is 0.533. The molecule has 0 spiro atoms. The number of hydrogen-bond acceptors (Lipinski definition) is 6. The van der Waals surface area contributed by atoms with E-state index in [1.807, 2.05) is 0 Å². The lowest BCUT2D eigenvalue weighted by Gasteiger charge is -2.09. The molecule has 0 aliphatic heterocycles. The van der Waals surface area contributed by atoms with Crippen molar-refractivity contribution >= 4 is 17.7 Å². The molecule has 0 bridgehead atoms. The van der Waals surface area contributed by atoms with Gasteiger partial charge in [0, 0.05) is 35.2 Å². The number of aromatic nitrogens is 4. The van der Waals surface area contributed by atoms with Crippen LogP contribution in [-0.4, -0.2) is 19.9 Å². The summed E-state index contributed by atoms with van der Waals surface area (Å²) in [4.78, 5) is 16.9. The first kappa shape index (κ1) is 16.2. The quantitative estimate of drug-likeness (QED) is 0.777. The number of anilines is 1. The van der Waals surface area contributed by atoms with E-state index in [-0.39, 0.29) is 5.95 Å². The lowest BCUT2D eigenvalue weighted by atomic mass is 10.2. The maximum atomic E-state index is 12.6. The van der Waals surface area contributed by atoms with Crippen molar-refractivity contribution in [2.75, 3.05) is 5.73 Å². The van der Waals surface area contributed by atoms with Crippen LogP contribution in [0.25, 0.3) is 11.3 Å². The summed E-state index contributed by atoms with van der Waals surface area (Å²) < 4.78 is 37.8. The lowest BCUT2D eigenvalue weighted by molar-refractivity contribution is -0.137. The Hall–Kier alpha value is -2.68. The van der Waals surface area contributed by atoms with Crippen LogP contribution >= 0.6 is 11.8 Å². The number of rotatable bonds is 3. The maximum Gasteiger partial charge on any atom is 0.416 e. The van der Waals surface area contributed by atoms with Gasteiger partial charge < -0.3 is 5.73 Å². The highest BCUT2D eigenvalue weighted by atomic mass is 32.2. The van der Waals surface area contributed by atoms with Crippen LogP contribution in [0.5, 0.6) is 0 Å². The van der Waals surface area contributed by atoms with E-state index in [2.05, 4.69) is 19.9 Å². The van der Waals surface area contributed by atoms with Gasteiger partial charge in [0.2, 0.25) is 5.95 Å². The molecular weight excluding hydrogens is 339 g/mol. The molecule has 24 heavy (non-hydrogen) atoms. The van der Waals surface area contributed by atoms with Gasteiger partial charge in [-0.1, -0.05) is 11.8 Å². The Balaban J connectivity index is 1.89. The van der Waals surface area contributed by atoms with E-state index < -0.39 is 11.7 Å². The summed E-state index contributed by atoms with van der Waals surface area (Å²) in [5.74, 6) is 0.139. The molecule has 0 saturated heterocycles. The zero-order valence-corrected chi connectivity index (χ0v) is 12.8. The predicted octanol–water partition coefficient (Wildman–Crippen LogP) is 3.69. The molecule has 0 saturated carbocycles. The van der Waals surface area contributed by atoms with Gasteiger partial charge in [0.15, 0.2) is 0 Å². The van der Waals surface area contributed by atoms with E-state index >= 15 is 0 Å². The van der Waals surface area contributed by atoms with Crippen LogP contribution in [0.1, 0.15) is 5.56 Å². The number of nitrogen functional groups attached to an aromatic ring is 1. The molecule has 0 amide bonds. The topological polar surface area (TPSA) is 77.6 Å². The summed E-state index contributed by atoms with van der Waals surface area (Å²) in [6.45, 7) is 0. The third kappa shape index (κ3) is 3.62. The molecule has 122 valence electrons. The molecule has 0 fully saturated rings. The Morgan fingerprint density at radius 2 is 1.50 bits per heavy atom. The SMILES string of the molecule is Nc1ncc(-c2nccnc2Sc2ccc(C(F)(F)F)cc2)cn1. The number of nitrogens with zero attached hydrogens (tertiary/aromatic N) is 4. The number of benzene rings is 1. The van der Waals surface area contributed by atoms with E-state index in [1.165, 1.54) is 48.7 Å². The standard InChI is InChI=1S/C15H10F3N5S/c16-15(17,18)10-1-3-11(4-2-10)24-13-12(20-5-6-21-13)9-7-22-14(19)23-8-9/h1-8H,(H2,19,22,23). The molecular formula is C15H10F3N5S. The molecule has 2 aromatic heterocycles. The molecule has 2 heterocycles. The highest BCUT2D eigenvalue weighted by Crippen LogP contribution is 2.35. The van der Waals surface area contributed by atoms with Gasteiger partial charge in [-0.15, -0.1) is 0 Å². The van der Waals surface area contributed by atoms with Crippen molar-refractivity contribution in [1.82, 2.24) is 19.9 Å². The molecule has 5 nitrogen and oxygen atoms in total. The van der Waals surface area contributed by atoms with Crippen LogP contribution in [0.3, 0.4) is 0 Å². The van der Waals surface area contributed by atoms with E-state index in [9.17, 15) is 13.2 Å². The first-order valence-electron chi connectivity index (χ1n) is 6.67. The normalized spacial score (nSPS) is 11.5. The van der Waals surface area contributed by atoms with Crippen LogP contribution in [0.4, 0.5) is 19.1 Å². The summed E-state index contributed by atoms with van der Waals surface area (Å²) >= 11 is 1.20. The zero-order chi connectivity index (χ0) is 17.2. The van der Waals surface area contributed by atoms with Crippen molar-refractivity contribution < 1.29 is 13.2 Å². The summed E-state index contributed by atoms with van der Waals surface area (Å²) in [6, 6.07) is 4.85. The molecule has 0 atom stereocenters. The number of halogens is 3. The van der Waals surface area contributed by atoms with E-state index in [4.69, 9.17) is 5.73 Å².